The van der Waals surface area contributed by atoms with Gasteiger partial charge in [-0.3, -0.25) is 4.79 Å². The number of carbonyl (C=O) groups is 1. The van der Waals surface area contributed by atoms with Crippen LogP contribution in [0.25, 0.3) is 0 Å². The summed E-state index contributed by atoms with van der Waals surface area (Å²) in [5.74, 6) is -1.05. The molecular formula is C9H13BClNO4. The first-order valence-electron chi connectivity index (χ1n) is 4.44. The molecule has 0 bridgehead atoms. The molecule has 0 amide bonds. The number of nitrogens with two attached hydrogens (primary N) is 1. The fourth-order valence-electron chi connectivity index (χ4n) is 1.17. The summed E-state index contributed by atoms with van der Waals surface area (Å²) in [4.78, 5) is 10.5. The minimum Gasteiger partial charge on any atom is -0.480 e. The van der Waals surface area contributed by atoms with E-state index in [9.17, 15) is 4.79 Å². The number of halogens is 1. The molecule has 1 aromatic carbocycles. The zero-order chi connectivity index (χ0) is 11.4. The van der Waals surface area contributed by atoms with Gasteiger partial charge < -0.3 is 20.9 Å². The van der Waals surface area contributed by atoms with Crippen LogP contribution in [0.3, 0.4) is 0 Å². The van der Waals surface area contributed by atoms with Crippen LogP contribution in [0.15, 0.2) is 24.3 Å². The molecule has 0 saturated carbocycles. The maximum Gasteiger partial charge on any atom is 0.488 e. The van der Waals surface area contributed by atoms with Crippen LogP contribution in [0.4, 0.5) is 0 Å². The van der Waals surface area contributed by atoms with Crippen LogP contribution in [-0.4, -0.2) is 34.3 Å². The standard InChI is InChI=1S/C9H12BNO4.ClH/c11-8(9(12)13)5-6-1-3-7(4-2-6)10(14)15;/h1-4,8,14-15H,5,11H2,(H,12,13);1H/i10-1;. The number of benzene rings is 1. The molecule has 1 unspecified atom stereocenters. The van der Waals surface area contributed by atoms with E-state index in [2.05, 4.69) is 0 Å². The van der Waals surface area contributed by atoms with Crippen LogP contribution >= 0.6 is 12.4 Å². The van der Waals surface area contributed by atoms with Gasteiger partial charge in [0.15, 0.2) is 0 Å². The predicted octanol–water partition coefficient (Wildman–Crippen LogP) is -1.26. The molecule has 0 fully saturated rings. The van der Waals surface area contributed by atoms with Gasteiger partial charge >= 0.3 is 13.1 Å². The molecule has 1 atom stereocenters. The number of aliphatic carboxylic acids is 1. The molecule has 5 N–H and O–H groups in total. The molecule has 5 nitrogen and oxygen atoms in total. The average molecular weight is 245 g/mol. The van der Waals surface area contributed by atoms with Crippen molar-refractivity contribution in [2.75, 3.05) is 0 Å². The van der Waals surface area contributed by atoms with E-state index in [1.165, 1.54) is 12.1 Å². The predicted molar refractivity (Wildman–Crippen MR) is 62.8 cm³/mol. The lowest BCUT2D eigenvalue weighted by Gasteiger charge is -2.07. The molecule has 0 aliphatic carbocycles. The summed E-state index contributed by atoms with van der Waals surface area (Å²) in [6, 6.07) is 5.35. The van der Waals surface area contributed by atoms with Gasteiger partial charge in [-0.1, -0.05) is 24.3 Å². The average Bonchev–Trinajstić information content (AvgIpc) is 2.18. The number of carboxylic acid groups (broad SMARTS) is 1. The van der Waals surface area contributed by atoms with Crippen molar-refractivity contribution >= 4 is 31.0 Å². The van der Waals surface area contributed by atoms with E-state index in [1.54, 1.807) is 12.1 Å². The lowest BCUT2D eigenvalue weighted by atomic mass is 9.26. The molecule has 88 valence electrons. The smallest absolute Gasteiger partial charge is 0.480 e. The van der Waals surface area contributed by atoms with E-state index in [1.807, 2.05) is 0 Å². The molecule has 0 aliphatic rings. The molecule has 1 rings (SSSR count). The van der Waals surface area contributed by atoms with Gasteiger partial charge in [-0.15, -0.1) is 12.4 Å². The zero-order valence-electron chi connectivity index (χ0n) is 8.41. The molecule has 0 aliphatic heterocycles. The Bertz CT molecular complexity index is 344. The van der Waals surface area contributed by atoms with E-state index in [0.717, 1.165) is 5.56 Å². The van der Waals surface area contributed by atoms with Crippen molar-refractivity contribution in [3.63, 3.8) is 0 Å². The van der Waals surface area contributed by atoms with Crippen molar-refractivity contribution in [2.45, 2.75) is 12.5 Å². The Balaban J connectivity index is 0.00000225. The Kier molecular flexibility index (Phi) is 6.06. The Hall–Kier alpha value is -1.08. The Morgan fingerprint density at radius 1 is 1.31 bits per heavy atom. The first kappa shape index (κ1) is 14.9. The van der Waals surface area contributed by atoms with Gasteiger partial charge in [0, 0.05) is 0 Å². The van der Waals surface area contributed by atoms with Gasteiger partial charge in [0.05, 0.1) is 0 Å². The van der Waals surface area contributed by atoms with E-state index in [4.69, 9.17) is 20.9 Å². The minimum absolute atomic E-state index is 0. The van der Waals surface area contributed by atoms with Gasteiger partial charge in [-0.2, -0.15) is 0 Å². The van der Waals surface area contributed by atoms with Gasteiger partial charge in [0.1, 0.15) is 6.04 Å². The first-order chi connectivity index (χ1) is 7.00. The van der Waals surface area contributed by atoms with E-state index >= 15 is 0 Å². The molecule has 16 heavy (non-hydrogen) atoms. The van der Waals surface area contributed by atoms with Crippen LogP contribution in [-0.2, 0) is 11.2 Å². The highest BCUT2D eigenvalue weighted by Crippen LogP contribution is 2.01. The minimum atomic E-state index is -1.51. The normalized spacial score (nSPS) is 11.4. The molecule has 0 saturated heterocycles. The van der Waals surface area contributed by atoms with Crippen molar-refractivity contribution in [3.8, 4) is 0 Å². The van der Waals surface area contributed by atoms with Crippen LogP contribution in [0.5, 0.6) is 0 Å². The fourth-order valence-corrected chi connectivity index (χ4v) is 1.17. The quantitative estimate of drug-likeness (QED) is 0.495. The second-order valence-electron chi connectivity index (χ2n) is 3.26. The highest BCUT2D eigenvalue weighted by atomic mass is 35.5. The number of carboxylic acids is 1. The maximum atomic E-state index is 10.5. The number of hydrogen-bond donors (Lipinski definition) is 4. The van der Waals surface area contributed by atoms with E-state index in [0.29, 0.717) is 5.46 Å². The second kappa shape index (κ2) is 6.50. The van der Waals surface area contributed by atoms with Gasteiger partial charge in [-0.25, -0.2) is 0 Å². The third-order valence-electron chi connectivity index (χ3n) is 2.05. The Labute approximate surface area is 99.5 Å². The van der Waals surface area contributed by atoms with E-state index in [-0.39, 0.29) is 18.8 Å². The van der Waals surface area contributed by atoms with Crippen LogP contribution in [0, 0.1) is 0 Å². The molecule has 0 spiro atoms. The molecule has 0 heterocycles. The maximum absolute atomic E-state index is 10.5. The van der Waals surface area contributed by atoms with Crippen LogP contribution < -0.4 is 11.2 Å². The number of rotatable bonds is 4. The van der Waals surface area contributed by atoms with Crippen molar-refractivity contribution in [1.82, 2.24) is 0 Å². The third-order valence-corrected chi connectivity index (χ3v) is 2.05. The SMILES string of the molecule is Cl.NC(Cc1ccc([10B](O)O)cc1)C(=O)O. The summed E-state index contributed by atoms with van der Waals surface area (Å²) in [6.07, 6.45) is 0.219. The van der Waals surface area contributed by atoms with Crippen LogP contribution in [0.1, 0.15) is 5.56 Å². The Morgan fingerprint density at radius 3 is 2.19 bits per heavy atom. The topological polar surface area (TPSA) is 104 Å². The zero-order valence-corrected chi connectivity index (χ0v) is 9.22. The summed E-state index contributed by atoms with van der Waals surface area (Å²) in [5.41, 5.74) is 6.46. The molecule has 0 radical (unpaired) electrons. The van der Waals surface area contributed by atoms with Crippen molar-refractivity contribution in [1.29, 1.82) is 0 Å². The van der Waals surface area contributed by atoms with Crippen molar-refractivity contribution < 1.29 is 19.9 Å². The lowest BCUT2D eigenvalue weighted by Crippen LogP contribution is -2.33. The summed E-state index contributed by atoms with van der Waals surface area (Å²) < 4.78 is 0. The molecular weight excluding hydrogens is 232 g/mol. The summed E-state index contributed by atoms with van der Waals surface area (Å²) >= 11 is 0. The van der Waals surface area contributed by atoms with E-state index < -0.39 is 19.1 Å². The first-order valence-corrected chi connectivity index (χ1v) is 4.44. The second-order valence-corrected chi connectivity index (χ2v) is 3.26. The molecule has 7 heteroatoms. The summed E-state index contributed by atoms with van der Waals surface area (Å²) in [5, 5.41) is 26.2. The Morgan fingerprint density at radius 2 is 1.81 bits per heavy atom. The molecule has 0 aromatic heterocycles. The monoisotopic (exact) mass is 244 g/mol. The fraction of sp³-hybridized carbons (Fsp3) is 0.222. The largest absolute Gasteiger partial charge is 0.488 e. The number of hydrogen-bond acceptors (Lipinski definition) is 4. The molecule has 1 aromatic rings. The van der Waals surface area contributed by atoms with Crippen LogP contribution in [0.2, 0.25) is 0 Å². The summed E-state index contributed by atoms with van der Waals surface area (Å²) in [6.45, 7) is 0. The van der Waals surface area contributed by atoms with Crippen molar-refractivity contribution in [3.05, 3.63) is 29.8 Å². The lowest BCUT2D eigenvalue weighted by molar-refractivity contribution is -0.138. The van der Waals surface area contributed by atoms with Gasteiger partial charge in [0.25, 0.3) is 0 Å². The summed E-state index contributed by atoms with van der Waals surface area (Å²) in [7, 11) is -1.51. The van der Waals surface area contributed by atoms with Gasteiger partial charge in [-0.05, 0) is 17.4 Å². The highest BCUT2D eigenvalue weighted by molar-refractivity contribution is 6.58. The van der Waals surface area contributed by atoms with Crippen molar-refractivity contribution in [2.24, 2.45) is 5.73 Å². The highest BCUT2D eigenvalue weighted by Gasteiger charge is 2.13. The third kappa shape index (κ3) is 4.20. The van der Waals surface area contributed by atoms with Gasteiger partial charge in [0.2, 0.25) is 0 Å².